The van der Waals surface area contributed by atoms with E-state index in [1.165, 1.54) is 24.0 Å². The van der Waals surface area contributed by atoms with Crippen molar-refractivity contribution in [3.63, 3.8) is 0 Å². The highest BCUT2D eigenvalue weighted by Crippen LogP contribution is 2.68. The van der Waals surface area contributed by atoms with Gasteiger partial charge in [0.1, 0.15) is 0 Å². The number of halogens is 2. The summed E-state index contributed by atoms with van der Waals surface area (Å²) < 4.78 is 8.95. The van der Waals surface area contributed by atoms with Gasteiger partial charge in [0.2, 0.25) is 0 Å². The zero-order valence-electron chi connectivity index (χ0n) is 16.8. The molecule has 0 radical (unpaired) electrons. The maximum absolute atomic E-state index is 6.68. The quantitative estimate of drug-likeness (QED) is 0.267. The van der Waals surface area contributed by atoms with Gasteiger partial charge in [-0.15, -0.1) is 0 Å². The predicted octanol–water partition coefficient (Wildman–Crippen LogP) is 7.95. The largest absolute Gasteiger partial charge is 0.365 e. The second kappa shape index (κ2) is 6.01. The van der Waals surface area contributed by atoms with Gasteiger partial charge < -0.3 is 4.74 Å². The van der Waals surface area contributed by atoms with Crippen molar-refractivity contribution in [3.05, 3.63) is 114 Å². The fraction of sp³-hybridized carbons (Fsp3) is 0.286. The zero-order chi connectivity index (χ0) is 20.4. The van der Waals surface area contributed by atoms with Crippen LogP contribution in [0.3, 0.4) is 0 Å². The molecule has 3 aromatic carbocycles. The number of fused-ring (bicyclic) bond motifs is 8. The molecule has 152 valence electrons. The van der Waals surface area contributed by atoms with Crippen LogP contribution in [0.4, 0.5) is 0 Å². The van der Waals surface area contributed by atoms with Gasteiger partial charge in [0, 0.05) is 20.8 Å². The molecule has 2 aliphatic heterocycles. The van der Waals surface area contributed by atoms with E-state index in [-0.39, 0.29) is 12.2 Å². The summed E-state index contributed by atoms with van der Waals surface area (Å²) >= 11 is 7.43. The summed E-state index contributed by atoms with van der Waals surface area (Å²) in [5.74, 6) is 2.07. The van der Waals surface area contributed by atoms with Crippen LogP contribution in [-0.2, 0) is 4.74 Å². The minimum absolute atomic E-state index is 0.245. The first-order valence-corrected chi connectivity index (χ1v) is 12.8. The molecule has 1 saturated heterocycles. The Morgan fingerprint density at radius 2 is 0.968 bits per heavy atom. The first-order chi connectivity index (χ1) is 15.2. The fourth-order valence-electron chi connectivity index (χ4n) is 7.54. The third kappa shape index (κ3) is 2.11. The Morgan fingerprint density at radius 1 is 0.581 bits per heavy atom. The Balaban J connectivity index is 1.29. The van der Waals surface area contributed by atoms with Crippen molar-refractivity contribution >= 4 is 31.9 Å². The normalized spacial score (nSPS) is 33.0. The molecule has 4 atom stereocenters. The summed E-state index contributed by atoms with van der Waals surface area (Å²) in [6.07, 6.45) is 2.85. The molecule has 31 heavy (non-hydrogen) atoms. The molecule has 6 aliphatic rings. The number of rotatable bonds is 0. The zero-order valence-corrected chi connectivity index (χ0v) is 20.0. The van der Waals surface area contributed by atoms with Crippen LogP contribution in [0, 0.1) is 11.8 Å². The Hall–Kier alpha value is -1.68. The van der Waals surface area contributed by atoms with Crippen molar-refractivity contribution in [2.45, 2.75) is 36.9 Å². The number of hydrogen-bond donors (Lipinski definition) is 0. The minimum atomic E-state index is 0.245. The third-order valence-corrected chi connectivity index (χ3v) is 10.5. The fourth-order valence-corrected chi connectivity index (χ4v) is 8.26. The molecular weight excluding hydrogens is 512 g/mol. The van der Waals surface area contributed by atoms with E-state index < -0.39 is 0 Å². The van der Waals surface area contributed by atoms with Crippen LogP contribution in [0.5, 0.6) is 0 Å². The molecule has 4 bridgehead atoms. The van der Waals surface area contributed by atoms with Gasteiger partial charge in [-0.05, 0) is 102 Å². The lowest BCUT2D eigenvalue weighted by Gasteiger charge is -2.49. The summed E-state index contributed by atoms with van der Waals surface area (Å²) in [6, 6.07) is 23.0. The molecule has 0 aromatic heterocycles. The Morgan fingerprint density at radius 3 is 1.35 bits per heavy atom. The van der Waals surface area contributed by atoms with Crippen molar-refractivity contribution in [1.82, 2.24) is 0 Å². The van der Waals surface area contributed by atoms with Crippen LogP contribution in [0.25, 0.3) is 0 Å². The molecule has 0 N–H and O–H groups in total. The lowest BCUT2D eigenvalue weighted by molar-refractivity contribution is 0.0545. The summed E-state index contributed by atoms with van der Waals surface area (Å²) in [6.45, 7) is 0. The Kier molecular flexibility index (Phi) is 3.45. The highest BCUT2D eigenvalue weighted by Gasteiger charge is 2.57. The molecule has 0 saturated carbocycles. The first-order valence-electron chi connectivity index (χ1n) is 11.2. The third-order valence-electron chi connectivity index (χ3n) is 8.62. The van der Waals surface area contributed by atoms with E-state index in [1.54, 1.807) is 33.4 Å². The summed E-state index contributed by atoms with van der Waals surface area (Å²) in [5, 5.41) is 0. The van der Waals surface area contributed by atoms with Gasteiger partial charge in [-0.25, -0.2) is 0 Å². The molecule has 1 fully saturated rings. The maximum Gasteiger partial charge on any atom is 0.0872 e. The van der Waals surface area contributed by atoms with Crippen LogP contribution in [-0.4, -0.2) is 0 Å². The lowest BCUT2D eigenvalue weighted by Crippen LogP contribution is -2.36. The average Bonchev–Trinajstić information content (AvgIpc) is 3.34. The van der Waals surface area contributed by atoms with Crippen molar-refractivity contribution in [2.75, 3.05) is 0 Å². The van der Waals surface area contributed by atoms with Crippen LogP contribution >= 0.6 is 31.9 Å². The first kappa shape index (κ1) is 17.8. The maximum atomic E-state index is 6.68. The lowest BCUT2D eigenvalue weighted by atomic mass is 9.54. The van der Waals surface area contributed by atoms with Gasteiger partial charge in [0.25, 0.3) is 0 Å². The number of allylic oxidation sites excluding steroid dienone is 2. The minimum Gasteiger partial charge on any atom is -0.365 e. The number of ether oxygens (including phenoxy) is 1. The highest BCUT2D eigenvalue weighted by atomic mass is 79.9. The standard InChI is InChI=1S/C28H20Br2O/c29-23-11-21-22(12-24(23)30)28-20-10-18-17(9-19(20)27(21)31-28)25-13-5-1-2-6-14(13)26(18)16-8-4-3-7-15(16)25/h1-8,11-12,19-20,25-28H,9-10H2/t19-,20+,25?,26?,27-,28-/m1/s1. The second-order valence-electron chi connectivity index (χ2n) is 9.78. The summed E-state index contributed by atoms with van der Waals surface area (Å²) in [5.41, 5.74) is 12.4. The number of hydrogen-bond acceptors (Lipinski definition) is 1. The van der Waals surface area contributed by atoms with E-state index in [0.29, 0.717) is 23.7 Å². The molecule has 4 aliphatic carbocycles. The SMILES string of the molecule is Brc1cc2c(cc1Br)[C@@H]1O[C@@H]2[C@@H]2CC3=C(C[C@@H]21)C1c2ccccc2C3c2ccccc21. The van der Waals surface area contributed by atoms with Gasteiger partial charge in [-0.3, -0.25) is 0 Å². The molecule has 0 amide bonds. The van der Waals surface area contributed by atoms with Crippen molar-refractivity contribution in [1.29, 1.82) is 0 Å². The molecule has 0 spiro atoms. The van der Waals surface area contributed by atoms with E-state index in [2.05, 4.69) is 92.5 Å². The van der Waals surface area contributed by atoms with Crippen molar-refractivity contribution in [2.24, 2.45) is 11.8 Å². The second-order valence-corrected chi connectivity index (χ2v) is 11.5. The van der Waals surface area contributed by atoms with E-state index >= 15 is 0 Å². The van der Waals surface area contributed by atoms with Crippen LogP contribution in [0.15, 0.2) is 80.8 Å². The number of benzene rings is 3. The van der Waals surface area contributed by atoms with E-state index in [1.807, 2.05) is 0 Å². The summed E-state index contributed by atoms with van der Waals surface area (Å²) in [7, 11) is 0. The molecular formula is C28H20Br2O. The van der Waals surface area contributed by atoms with Crippen LogP contribution < -0.4 is 0 Å². The molecule has 2 heterocycles. The smallest absolute Gasteiger partial charge is 0.0872 e. The van der Waals surface area contributed by atoms with Gasteiger partial charge in [-0.1, -0.05) is 59.7 Å². The van der Waals surface area contributed by atoms with Gasteiger partial charge >= 0.3 is 0 Å². The average molecular weight is 532 g/mol. The molecule has 9 rings (SSSR count). The molecule has 3 heteroatoms. The highest BCUT2D eigenvalue weighted by molar-refractivity contribution is 9.13. The molecule has 0 unspecified atom stereocenters. The van der Waals surface area contributed by atoms with E-state index in [4.69, 9.17) is 4.74 Å². The van der Waals surface area contributed by atoms with Gasteiger partial charge in [-0.2, -0.15) is 0 Å². The van der Waals surface area contributed by atoms with Gasteiger partial charge in [0.05, 0.1) is 12.2 Å². The Bertz CT molecular complexity index is 1190. The summed E-state index contributed by atoms with van der Waals surface area (Å²) in [4.78, 5) is 0. The van der Waals surface area contributed by atoms with E-state index in [0.717, 1.165) is 8.95 Å². The van der Waals surface area contributed by atoms with Crippen molar-refractivity contribution in [3.8, 4) is 0 Å². The van der Waals surface area contributed by atoms with Crippen LogP contribution in [0.1, 0.15) is 70.3 Å². The van der Waals surface area contributed by atoms with E-state index in [9.17, 15) is 0 Å². The predicted molar refractivity (Wildman–Crippen MR) is 128 cm³/mol. The van der Waals surface area contributed by atoms with Crippen LogP contribution in [0.2, 0.25) is 0 Å². The molecule has 3 aromatic rings. The van der Waals surface area contributed by atoms with Crippen molar-refractivity contribution < 1.29 is 4.74 Å². The topological polar surface area (TPSA) is 9.23 Å². The Labute approximate surface area is 198 Å². The monoisotopic (exact) mass is 530 g/mol. The molecule has 1 nitrogen and oxygen atoms in total. The van der Waals surface area contributed by atoms with Gasteiger partial charge in [0.15, 0.2) is 0 Å².